The van der Waals surface area contributed by atoms with E-state index < -0.39 is 6.04 Å². The lowest BCUT2D eigenvalue weighted by Gasteiger charge is -2.24. The van der Waals surface area contributed by atoms with Crippen LogP contribution in [-0.4, -0.2) is 40.8 Å². The van der Waals surface area contributed by atoms with E-state index in [1.807, 2.05) is 47.4 Å². The molecule has 1 aliphatic heterocycles. The minimum Gasteiger partial charge on any atom is -0.341 e. The van der Waals surface area contributed by atoms with Crippen molar-refractivity contribution >= 4 is 34.8 Å². The highest BCUT2D eigenvalue weighted by molar-refractivity contribution is 7.13. The Morgan fingerprint density at radius 1 is 1.07 bits per heavy atom. The standard InChI is InChI=1S/C23H22ClN3O2S/c24-18-10-8-17(9-11-18)22-26-20(15-30-22)21(28)25-19(14-16-6-2-1-3-7-16)23(29)27-12-4-5-13-27/h1-3,6-11,15,19H,4-5,12-14H2,(H,25,28). The van der Waals surface area contributed by atoms with Crippen LogP contribution in [0.5, 0.6) is 0 Å². The summed E-state index contributed by atoms with van der Waals surface area (Å²) < 4.78 is 0. The van der Waals surface area contributed by atoms with Crippen LogP contribution in [0.2, 0.25) is 5.02 Å². The van der Waals surface area contributed by atoms with Crippen LogP contribution in [0.3, 0.4) is 0 Å². The van der Waals surface area contributed by atoms with Crippen molar-refractivity contribution in [1.82, 2.24) is 15.2 Å². The number of benzene rings is 2. The first-order valence-corrected chi connectivity index (χ1v) is 11.2. The summed E-state index contributed by atoms with van der Waals surface area (Å²) in [6.45, 7) is 1.49. The van der Waals surface area contributed by atoms with Crippen LogP contribution in [0.1, 0.15) is 28.9 Å². The van der Waals surface area contributed by atoms with Crippen LogP contribution in [0.4, 0.5) is 0 Å². The number of carbonyl (C=O) groups excluding carboxylic acids is 2. The number of nitrogens with one attached hydrogen (secondary N) is 1. The molecule has 1 saturated heterocycles. The van der Waals surface area contributed by atoms with Crippen molar-refractivity contribution < 1.29 is 9.59 Å². The number of rotatable bonds is 6. The summed E-state index contributed by atoms with van der Waals surface area (Å²) in [5.74, 6) is -0.363. The van der Waals surface area contributed by atoms with Gasteiger partial charge in [-0.15, -0.1) is 11.3 Å². The van der Waals surface area contributed by atoms with Crippen LogP contribution < -0.4 is 5.32 Å². The molecule has 0 radical (unpaired) electrons. The van der Waals surface area contributed by atoms with E-state index in [9.17, 15) is 9.59 Å². The summed E-state index contributed by atoms with van der Waals surface area (Å²) >= 11 is 7.34. The summed E-state index contributed by atoms with van der Waals surface area (Å²) in [6.07, 6.45) is 2.47. The van der Waals surface area contributed by atoms with Gasteiger partial charge in [-0.1, -0.05) is 54.1 Å². The zero-order valence-electron chi connectivity index (χ0n) is 16.4. The first kappa shape index (κ1) is 20.6. The van der Waals surface area contributed by atoms with Crippen LogP contribution in [0.25, 0.3) is 10.6 Å². The third-order valence-corrected chi connectivity index (χ3v) is 6.28. The second-order valence-electron chi connectivity index (χ2n) is 7.29. The topological polar surface area (TPSA) is 62.3 Å². The number of hydrogen-bond acceptors (Lipinski definition) is 4. The number of aromatic nitrogens is 1. The first-order chi connectivity index (χ1) is 14.6. The summed E-state index contributed by atoms with van der Waals surface area (Å²) in [5.41, 5.74) is 2.23. The fourth-order valence-electron chi connectivity index (χ4n) is 3.54. The first-order valence-electron chi connectivity index (χ1n) is 9.95. The molecule has 0 spiro atoms. The van der Waals surface area contributed by atoms with E-state index in [1.54, 1.807) is 17.5 Å². The zero-order chi connectivity index (χ0) is 20.9. The molecule has 30 heavy (non-hydrogen) atoms. The van der Waals surface area contributed by atoms with Gasteiger partial charge in [-0.05, 0) is 30.5 Å². The van der Waals surface area contributed by atoms with Gasteiger partial charge < -0.3 is 10.2 Å². The largest absolute Gasteiger partial charge is 0.341 e. The highest BCUT2D eigenvalue weighted by Gasteiger charge is 2.29. The maximum Gasteiger partial charge on any atom is 0.271 e. The number of halogens is 1. The molecule has 1 aromatic heterocycles. The molecule has 1 atom stereocenters. The Labute approximate surface area is 184 Å². The Balaban J connectivity index is 1.51. The van der Waals surface area contributed by atoms with Crippen LogP contribution in [-0.2, 0) is 11.2 Å². The number of thiazole rings is 1. The molecule has 7 heteroatoms. The molecule has 2 aromatic carbocycles. The number of carbonyl (C=O) groups is 2. The third kappa shape index (κ3) is 4.89. The van der Waals surface area contributed by atoms with Gasteiger partial charge in [0.05, 0.1) is 0 Å². The predicted molar refractivity (Wildman–Crippen MR) is 120 cm³/mol. The molecule has 1 fully saturated rings. The van der Waals surface area contributed by atoms with Gasteiger partial charge in [0.1, 0.15) is 16.7 Å². The molecule has 2 heterocycles. The predicted octanol–water partition coefficient (Wildman–Crippen LogP) is 4.43. The number of likely N-dealkylation sites (tertiary alicyclic amines) is 1. The lowest BCUT2D eigenvalue weighted by Crippen LogP contribution is -2.49. The Morgan fingerprint density at radius 3 is 2.47 bits per heavy atom. The average molecular weight is 440 g/mol. The van der Waals surface area contributed by atoms with Crippen molar-refractivity contribution in [3.63, 3.8) is 0 Å². The summed E-state index contributed by atoms with van der Waals surface area (Å²) in [4.78, 5) is 32.3. The molecule has 154 valence electrons. The van der Waals surface area contributed by atoms with E-state index in [1.165, 1.54) is 11.3 Å². The summed E-state index contributed by atoms with van der Waals surface area (Å²) in [6, 6.07) is 16.5. The number of amides is 2. The van der Waals surface area contributed by atoms with Crippen molar-refractivity contribution in [3.05, 3.63) is 76.3 Å². The SMILES string of the molecule is O=C(NC(Cc1ccccc1)C(=O)N1CCCC1)c1csc(-c2ccc(Cl)cc2)n1. The molecule has 1 aliphatic rings. The molecular weight excluding hydrogens is 418 g/mol. The van der Waals surface area contributed by atoms with Crippen molar-refractivity contribution in [2.24, 2.45) is 0 Å². The Bertz CT molecular complexity index is 1010. The minimum absolute atomic E-state index is 0.0298. The van der Waals surface area contributed by atoms with E-state index in [0.29, 0.717) is 17.1 Å². The average Bonchev–Trinajstić information content (AvgIpc) is 3.46. The van der Waals surface area contributed by atoms with Crippen LogP contribution in [0.15, 0.2) is 60.0 Å². The maximum atomic E-state index is 13.1. The maximum absolute atomic E-state index is 13.1. The van der Waals surface area contributed by atoms with Crippen molar-refractivity contribution in [3.8, 4) is 10.6 Å². The molecule has 4 rings (SSSR count). The van der Waals surface area contributed by atoms with Crippen LogP contribution >= 0.6 is 22.9 Å². The minimum atomic E-state index is -0.612. The Kier molecular flexibility index (Phi) is 6.45. The Hall–Kier alpha value is -2.70. The fraction of sp³-hybridized carbons (Fsp3) is 0.261. The second kappa shape index (κ2) is 9.41. The number of nitrogens with zero attached hydrogens (tertiary/aromatic N) is 2. The van der Waals surface area contributed by atoms with Gasteiger partial charge in [0.15, 0.2) is 0 Å². The molecule has 0 saturated carbocycles. The monoisotopic (exact) mass is 439 g/mol. The fourth-order valence-corrected chi connectivity index (χ4v) is 4.48. The van der Waals surface area contributed by atoms with Gasteiger partial charge in [-0.25, -0.2) is 4.98 Å². The van der Waals surface area contributed by atoms with Gasteiger partial charge in [0.25, 0.3) is 5.91 Å². The van der Waals surface area contributed by atoms with Gasteiger partial charge in [-0.2, -0.15) is 0 Å². The molecule has 5 nitrogen and oxygen atoms in total. The van der Waals surface area contributed by atoms with Crippen molar-refractivity contribution in [2.45, 2.75) is 25.3 Å². The second-order valence-corrected chi connectivity index (χ2v) is 8.59. The van der Waals surface area contributed by atoms with E-state index in [2.05, 4.69) is 10.3 Å². The molecule has 1 N–H and O–H groups in total. The third-order valence-electron chi connectivity index (χ3n) is 5.13. The molecule has 2 amide bonds. The van der Waals surface area contributed by atoms with Gasteiger partial charge >= 0.3 is 0 Å². The zero-order valence-corrected chi connectivity index (χ0v) is 18.0. The van der Waals surface area contributed by atoms with E-state index in [4.69, 9.17) is 11.6 Å². The smallest absolute Gasteiger partial charge is 0.271 e. The van der Waals surface area contributed by atoms with Crippen molar-refractivity contribution in [1.29, 1.82) is 0 Å². The Morgan fingerprint density at radius 2 is 1.77 bits per heavy atom. The molecule has 1 unspecified atom stereocenters. The quantitative estimate of drug-likeness (QED) is 0.618. The lowest BCUT2D eigenvalue weighted by molar-refractivity contribution is -0.132. The summed E-state index contributed by atoms with van der Waals surface area (Å²) in [7, 11) is 0. The highest BCUT2D eigenvalue weighted by Crippen LogP contribution is 2.25. The lowest BCUT2D eigenvalue weighted by atomic mass is 10.0. The van der Waals surface area contributed by atoms with Gasteiger partial charge in [-0.3, -0.25) is 9.59 Å². The van der Waals surface area contributed by atoms with Crippen molar-refractivity contribution in [2.75, 3.05) is 13.1 Å². The molecule has 3 aromatic rings. The van der Waals surface area contributed by atoms with Crippen LogP contribution in [0, 0.1) is 0 Å². The normalized spacial score (nSPS) is 14.5. The molecular formula is C23H22ClN3O2S. The van der Waals surface area contributed by atoms with E-state index in [0.717, 1.165) is 42.1 Å². The molecule has 0 bridgehead atoms. The number of hydrogen-bond donors (Lipinski definition) is 1. The summed E-state index contributed by atoms with van der Waals surface area (Å²) in [5, 5.41) is 6.04. The van der Waals surface area contributed by atoms with E-state index in [-0.39, 0.29) is 11.8 Å². The molecule has 0 aliphatic carbocycles. The van der Waals surface area contributed by atoms with Gasteiger partial charge in [0.2, 0.25) is 5.91 Å². The highest BCUT2D eigenvalue weighted by atomic mass is 35.5. The van der Waals surface area contributed by atoms with E-state index >= 15 is 0 Å². The van der Waals surface area contributed by atoms with Gasteiger partial charge in [0, 0.05) is 35.5 Å².